The fourth-order valence-electron chi connectivity index (χ4n) is 1.63. The summed E-state index contributed by atoms with van der Waals surface area (Å²) in [5, 5.41) is 2.58. The molecular weight excluding hydrogens is 271 g/mol. The number of H-pyrrole nitrogens is 1. The second-order valence-electron chi connectivity index (χ2n) is 4.22. The van der Waals surface area contributed by atoms with Crippen LogP contribution in [0.3, 0.4) is 0 Å². The van der Waals surface area contributed by atoms with Crippen molar-refractivity contribution in [3.63, 3.8) is 0 Å². The predicted molar refractivity (Wildman–Crippen MR) is 67.8 cm³/mol. The average Bonchev–Trinajstić information content (AvgIpc) is 2.82. The number of nitrogen functional groups attached to an aromatic ring is 1. The zero-order chi connectivity index (χ0) is 14.8. The van der Waals surface area contributed by atoms with Gasteiger partial charge in [0.05, 0.1) is 5.56 Å². The summed E-state index contributed by atoms with van der Waals surface area (Å²) in [6.07, 6.45) is -2.88. The van der Waals surface area contributed by atoms with Gasteiger partial charge in [-0.05, 0) is 23.8 Å². The van der Waals surface area contributed by atoms with Crippen molar-refractivity contribution in [3.05, 3.63) is 53.3 Å². The topological polar surface area (TPSA) is 70.9 Å². The van der Waals surface area contributed by atoms with E-state index in [2.05, 4.69) is 10.3 Å². The molecule has 0 saturated heterocycles. The van der Waals surface area contributed by atoms with Gasteiger partial charge in [0, 0.05) is 18.4 Å². The van der Waals surface area contributed by atoms with E-state index in [4.69, 9.17) is 5.73 Å². The maximum Gasteiger partial charge on any atom is 0.416 e. The van der Waals surface area contributed by atoms with Crippen molar-refractivity contribution < 1.29 is 18.0 Å². The molecule has 0 aliphatic rings. The highest BCUT2D eigenvalue weighted by Gasteiger charge is 2.29. The molecule has 4 N–H and O–H groups in total. The number of hydrogen-bond acceptors (Lipinski definition) is 2. The quantitative estimate of drug-likeness (QED) is 0.810. The van der Waals surface area contributed by atoms with Gasteiger partial charge in [-0.2, -0.15) is 13.2 Å². The van der Waals surface area contributed by atoms with Crippen LogP contribution in [0.15, 0.2) is 36.5 Å². The lowest BCUT2D eigenvalue weighted by Gasteiger charge is -2.08. The molecule has 1 aromatic carbocycles. The predicted octanol–water partition coefficient (Wildman–Crippen LogP) is 2.55. The molecule has 1 aromatic heterocycles. The van der Waals surface area contributed by atoms with E-state index in [-0.39, 0.29) is 12.5 Å². The van der Waals surface area contributed by atoms with E-state index in [9.17, 15) is 18.0 Å². The van der Waals surface area contributed by atoms with Crippen molar-refractivity contribution in [1.29, 1.82) is 0 Å². The lowest BCUT2D eigenvalue weighted by atomic mass is 10.1. The van der Waals surface area contributed by atoms with Crippen molar-refractivity contribution >= 4 is 11.6 Å². The first kappa shape index (κ1) is 14.0. The summed E-state index contributed by atoms with van der Waals surface area (Å²) in [7, 11) is 0. The number of benzene rings is 1. The number of halogens is 3. The summed E-state index contributed by atoms with van der Waals surface area (Å²) in [6.45, 7) is 0.135. The van der Waals surface area contributed by atoms with Crippen molar-refractivity contribution in [2.45, 2.75) is 12.7 Å². The normalized spacial score (nSPS) is 11.3. The Labute approximate surface area is 112 Å². The van der Waals surface area contributed by atoms with Gasteiger partial charge in [-0.1, -0.05) is 12.1 Å². The number of nitrogens with one attached hydrogen (secondary N) is 2. The third-order valence-electron chi connectivity index (χ3n) is 2.68. The fraction of sp³-hybridized carbons (Fsp3) is 0.154. The summed E-state index contributed by atoms with van der Waals surface area (Å²) in [6, 6.07) is 6.09. The summed E-state index contributed by atoms with van der Waals surface area (Å²) in [4.78, 5) is 14.4. The van der Waals surface area contributed by atoms with Crippen LogP contribution in [-0.2, 0) is 12.7 Å². The van der Waals surface area contributed by atoms with Gasteiger partial charge < -0.3 is 16.0 Å². The van der Waals surface area contributed by atoms with Gasteiger partial charge in [0.25, 0.3) is 5.91 Å². The number of amides is 1. The zero-order valence-corrected chi connectivity index (χ0v) is 10.3. The Morgan fingerprint density at radius 2 is 1.90 bits per heavy atom. The molecule has 0 bridgehead atoms. The van der Waals surface area contributed by atoms with Gasteiger partial charge in [-0.3, -0.25) is 4.79 Å². The van der Waals surface area contributed by atoms with E-state index < -0.39 is 11.7 Å². The third-order valence-corrected chi connectivity index (χ3v) is 2.68. The highest BCUT2D eigenvalue weighted by molar-refractivity contribution is 5.93. The lowest BCUT2D eigenvalue weighted by molar-refractivity contribution is -0.137. The molecule has 106 valence electrons. The first-order valence-corrected chi connectivity index (χ1v) is 5.74. The minimum absolute atomic E-state index is 0.135. The van der Waals surface area contributed by atoms with Gasteiger partial charge in [0.1, 0.15) is 5.69 Å². The molecule has 2 rings (SSSR count). The molecule has 0 saturated carbocycles. The molecule has 1 heterocycles. The van der Waals surface area contributed by atoms with Crippen molar-refractivity contribution in [3.8, 4) is 0 Å². The highest BCUT2D eigenvalue weighted by Crippen LogP contribution is 2.29. The number of alkyl halides is 3. The zero-order valence-electron chi connectivity index (χ0n) is 10.3. The van der Waals surface area contributed by atoms with Crippen LogP contribution >= 0.6 is 0 Å². The Bertz CT molecular complexity index is 602. The van der Waals surface area contributed by atoms with Gasteiger partial charge in [-0.15, -0.1) is 0 Å². The third kappa shape index (κ3) is 3.31. The first-order chi connectivity index (χ1) is 9.36. The van der Waals surface area contributed by atoms with E-state index in [1.165, 1.54) is 24.4 Å². The van der Waals surface area contributed by atoms with Crippen LogP contribution in [0.25, 0.3) is 0 Å². The average molecular weight is 283 g/mol. The van der Waals surface area contributed by atoms with Gasteiger partial charge in [0.15, 0.2) is 0 Å². The Morgan fingerprint density at radius 1 is 1.25 bits per heavy atom. The Kier molecular flexibility index (Phi) is 3.69. The van der Waals surface area contributed by atoms with Crippen LogP contribution in [0.5, 0.6) is 0 Å². The van der Waals surface area contributed by atoms with Gasteiger partial charge in [0.2, 0.25) is 0 Å². The maximum absolute atomic E-state index is 12.4. The molecule has 0 atom stereocenters. The summed E-state index contributed by atoms with van der Waals surface area (Å²) in [5.74, 6) is -0.374. The van der Waals surface area contributed by atoms with E-state index >= 15 is 0 Å². The van der Waals surface area contributed by atoms with Gasteiger partial charge in [-0.25, -0.2) is 0 Å². The number of carbonyl (C=O) groups is 1. The van der Waals surface area contributed by atoms with Crippen molar-refractivity contribution in [2.75, 3.05) is 5.73 Å². The molecule has 4 nitrogen and oxygen atoms in total. The number of aromatic amines is 1. The second-order valence-corrected chi connectivity index (χ2v) is 4.22. The molecule has 0 aliphatic carbocycles. The summed E-state index contributed by atoms with van der Waals surface area (Å²) in [5.41, 5.74) is 6.06. The smallest absolute Gasteiger partial charge is 0.397 e. The SMILES string of the molecule is Nc1c[nH]c(C(=O)NCc2ccc(C(F)(F)F)cc2)c1. The number of rotatable bonds is 3. The number of aromatic nitrogens is 1. The Hall–Kier alpha value is -2.44. The number of nitrogens with two attached hydrogens (primary N) is 1. The van der Waals surface area contributed by atoms with Crippen LogP contribution in [0.1, 0.15) is 21.6 Å². The first-order valence-electron chi connectivity index (χ1n) is 5.74. The van der Waals surface area contributed by atoms with Crippen LogP contribution in [-0.4, -0.2) is 10.9 Å². The van der Waals surface area contributed by atoms with Crippen LogP contribution in [0.2, 0.25) is 0 Å². The number of carbonyl (C=O) groups excluding carboxylic acids is 1. The van der Waals surface area contributed by atoms with E-state index in [1.807, 2.05) is 0 Å². The minimum Gasteiger partial charge on any atom is -0.397 e. The number of hydrogen-bond donors (Lipinski definition) is 3. The van der Waals surface area contributed by atoms with Crippen molar-refractivity contribution in [1.82, 2.24) is 10.3 Å². The van der Waals surface area contributed by atoms with E-state index in [0.29, 0.717) is 16.9 Å². The Balaban J connectivity index is 1.96. The molecule has 2 aromatic rings. The molecule has 7 heteroatoms. The lowest BCUT2D eigenvalue weighted by Crippen LogP contribution is -2.23. The summed E-state index contributed by atoms with van der Waals surface area (Å²) < 4.78 is 37.1. The van der Waals surface area contributed by atoms with Crippen molar-refractivity contribution in [2.24, 2.45) is 0 Å². The summed E-state index contributed by atoms with van der Waals surface area (Å²) >= 11 is 0. The molecule has 0 unspecified atom stereocenters. The van der Waals surface area contributed by atoms with Crippen LogP contribution in [0.4, 0.5) is 18.9 Å². The van der Waals surface area contributed by atoms with E-state index in [1.54, 1.807) is 0 Å². The standard InChI is InChI=1S/C13H12F3N3O/c14-13(15,16)9-3-1-8(2-4-9)6-19-12(20)11-5-10(17)7-18-11/h1-5,7,18H,6,17H2,(H,19,20). The largest absolute Gasteiger partial charge is 0.416 e. The maximum atomic E-state index is 12.4. The molecule has 0 fully saturated rings. The molecule has 0 radical (unpaired) electrons. The van der Waals surface area contributed by atoms with Crippen LogP contribution in [0, 0.1) is 0 Å². The molecule has 0 aliphatic heterocycles. The van der Waals surface area contributed by atoms with Gasteiger partial charge >= 0.3 is 6.18 Å². The fourth-order valence-corrected chi connectivity index (χ4v) is 1.63. The molecule has 20 heavy (non-hydrogen) atoms. The second kappa shape index (κ2) is 5.28. The number of anilines is 1. The van der Waals surface area contributed by atoms with Crippen LogP contribution < -0.4 is 11.1 Å². The molecule has 0 spiro atoms. The molecule has 1 amide bonds. The molecular formula is C13H12F3N3O. The van der Waals surface area contributed by atoms with E-state index in [0.717, 1.165) is 12.1 Å². The Morgan fingerprint density at radius 3 is 2.40 bits per heavy atom. The highest BCUT2D eigenvalue weighted by atomic mass is 19.4. The minimum atomic E-state index is -4.36. The monoisotopic (exact) mass is 283 g/mol.